The zero-order valence-corrected chi connectivity index (χ0v) is 12.7. The molecule has 1 nitrogen and oxygen atoms in total. The summed E-state index contributed by atoms with van der Waals surface area (Å²) in [6.07, 6.45) is 8.82. The molecule has 0 radical (unpaired) electrons. The van der Waals surface area contributed by atoms with Gasteiger partial charge in [-0.2, -0.15) is 0 Å². The van der Waals surface area contributed by atoms with Gasteiger partial charge in [-0.1, -0.05) is 63.4 Å². The molecule has 0 saturated heterocycles. The van der Waals surface area contributed by atoms with Crippen molar-refractivity contribution in [2.24, 2.45) is 0 Å². The molecule has 2 atom stereocenters. The second kappa shape index (κ2) is 7.36. The molecule has 1 N–H and O–H groups in total. The Balaban J connectivity index is 2.61. The molecule has 0 fully saturated rings. The van der Waals surface area contributed by atoms with E-state index in [1.807, 2.05) is 0 Å². The molecule has 0 aromatic heterocycles. The molecule has 0 aliphatic heterocycles. The molecule has 0 spiro atoms. The van der Waals surface area contributed by atoms with E-state index in [0.717, 1.165) is 19.3 Å². The molecule has 2 unspecified atom stereocenters. The SMILES string of the molecule is C#CC(CCC)NC(C)CC(C)(C)c1ccccc1. The third-order valence-corrected chi connectivity index (χ3v) is 3.64. The smallest absolute Gasteiger partial charge is 0.0688 e. The minimum absolute atomic E-state index is 0.166. The summed E-state index contributed by atoms with van der Waals surface area (Å²) in [5.74, 6) is 2.85. The van der Waals surface area contributed by atoms with Gasteiger partial charge in [-0.25, -0.2) is 0 Å². The van der Waals surface area contributed by atoms with E-state index in [9.17, 15) is 0 Å². The Labute approximate surface area is 118 Å². The Bertz CT molecular complexity index is 399. The van der Waals surface area contributed by atoms with Gasteiger partial charge >= 0.3 is 0 Å². The average Bonchev–Trinajstić information content (AvgIpc) is 2.38. The maximum Gasteiger partial charge on any atom is 0.0688 e. The molecule has 0 amide bonds. The summed E-state index contributed by atoms with van der Waals surface area (Å²) >= 11 is 0. The van der Waals surface area contributed by atoms with Crippen LogP contribution in [0.4, 0.5) is 0 Å². The van der Waals surface area contributed by atoms with Crippen molar-refractivity contribution in [3.05, 3.63) is 35.9 Å². The van der Waals surface area contributed by atoms with E-state index in [1.165, 1.54) is 5.56 Å². The predicted molar refractivity (Wildman–Crippen MR) is 84.2 cm³/mol. The van der Waals surface area contributed by atoms with Crippen molar-refractivity contribution in [3.8, 4) is 12.3 Å². The van der Waals surface area contributed by atoms with E-state index in [2.05, 4.69) is 69.3 Å². The minimum Gasteiger partial charge on any atom is -0.301 e. The highest BCUT2D eigenvalue weighted by Gasteiger charge is 2.23. The van der Waals surface area contributed by atoms with Gasteiger partial charge in [0.15, 0.2) is 0 Å². The van der Waals surface area contributed by atoms with Crippen LogP contribution < -0.4 is 5.32 Å². The van der Waals surface area contributed by atoms with Crippen molar-refractivity contribution in [1.29, 1.82) is 0 Å². The lowest BCUT2D eigenvalue weighted by Crippen LogP contribution is -2.39. The van der Waals surface area contributed by atoms with E-state index in [0.29, 0.717) is 6.04 Å². The van der Waals surface area contributed by atoms with Crippen LogP contribution in [0.2, 0.25) is 0 Å². The van der Waals surface area contributed by atoms with Gasteiger partial charge in [0.05, 0.1) is 6.04 Å². The molecular formula is C18H27N. The molecular weight excluding hydrogens is 230 g/mol. The van der Waals surface area contributed by atoms with Gasteiger partial charge < -0.3 is 5.32 Å². The Morgan fingerprint density at radius 1 is 1.26 bits per heavy atom. The van der Waals surface area contributed by atoms with Crippen molar-refractivity contribution in [2.75, 3.05) is 0 Å². The van der Waals surface area contributed by atoms with Crippen molar-refractivity contribution >= 4 is 0 Å². The largest absolute Gasteiger partial charge is 0.301 e. The summed E-state index contributed by atoms with van der Waals surface area (Å²) in [7, 11) is 0. The summed E-state index contributed by atoms with van der Waals surface area (Å²) in [4.78, 5) is 0. The Morgan fingerprint density at radius 3 is 2.42 bits per heavy atom. The molecule has 0 bridgehead atoms. The van der Waals surface area contributed by atoms with Gasteiger partial charge in [0.25, 0.3) is 0 Å². The van der Waals surface area contributed by atoms with Crippen LogP contribution in [0.25, 0.3) is 0 Å². The van der Waals surface area contributed by atoms with Crippen LogP contribution in [-0.2, 0) is 5.41 Å². The first-order chi connectivity index (χ1) is 8.99. The van der Waals surface area contributed by atoms with Crippen molar-refractivity contribution in [2.45, 2.75) is 64.5 Å². The van der Waals surface area contributed by atoms with E-state index in [1.54, 1.807) is 0 Å². The third kappa shape index (κ3) is 5.09. The van der Waals surface area contributed by atoms with Gasteiger partial charge in [0, 0.05) is 6.04 Å². The van der Waals surface area contributed by atoms with Crippen LogP contribution >= 0.6 is 0 Å². The van der Waals surface area contributed by atoms with Gasteiger partial charge in [-0.05, 0) is 30.7 Å². The average molecular weight is 257 g/mol. The van der Waals surface area contributed by atoms with E-state index in [4.69, 9.17) is 6.42 Å². The summed E-state index contributed by atoms with van der Waals surface area (Å²) in [5.41, 5.74) is 1.55. The summed E-state index contributed by atoms with van der Waals surface area (Å²) in [5, 5.41) is 3.56. The standard InChI is InChI=1S/C18H27N/c1-6-11-17(7-2)19-15(3)14-18(4,5)16-12-9-8-10-13-16/h2,8-10,12-13,15,17,19H,6,11,14H2,1,3-5H3. The van der Waals surface area contributed by atoms with Gasteiger partial charge in [0.1, 0.15) is 0 Å². The maximum atomic E-state index is 5.57. The zero-order chi connectivity index (χ0) is 14.3. The van der Waals surface area contributed by atoms with E-state index < -0.39 is 0 Å². The summed E-state index contributed by atoms with van der Waals surface area (Å²) in [6, 6.07) is 11.3. The lowest BCUT2D eigenvalue weighted by atomic mass is 9.79. The highest BCUT2D eigenvalue weighted by molar-refractivity contribution is 5.23. The Hall–Kier alpha value is -1.26. The number of benzene rings is 1. The monoisotopic (exact) mass is 257 g/mol. The van der Waals surface area contributed by atoms with Crippen LogP contribution in [-0.4, -0.2) is 12.1 Å². The fourth-order valence-corrected chi connectivity index (χ4v) is 2.68. The molecule has 1 aromatic carbocycles. The summed E-state index contributed by atoms with van der Waals surface area (Å²) in [6.45, 7) is 8.99. The number of hydrogen-bond acceptors (Lipinski definition) is 1. The fraction of sp³-hybridized carbons (Fsp3) is 0.556. The number of nitrogens with one attached hydrogen (secondary N) is 1. The number of terminal acetylenes is 1. The van der Waals surface area contributed by atoms with E-state index >= 15 is 0 Å². The normalized spacial score (nSPS) is 14.7. The lowest BCUT2D eigenvalue weighted by molar-refractivity contribution is 0.370. The topological polar surface area (TPSA) is 12.0 Å². The second-order valence-corrected chi connectivity index (χ2v) is 6.03. The second-order valence-electron chi connectivity index (χ2n) is 6.03. The number of hydrogen-bond donors (Lipinski definition) is 1. The highest BCUT2D eigenvalue weighted by atomic mass is 14.9. The lowest BCUT2D eigenvalue weighted by Gasteiger charge is -2.30. The van der Waals surface area contributed by atoms with Crippen LogP contribution in [0.5, 0.6) is 0 Å². The first kappa shape index (κ1) is 15.8. The highest BCUT2D eigenvalue weighted by Crippen LogP contribution is 2.28. The zero-order valence-electron chi connectivity index (χ0n) is 12.7. The van der Waals surface area contributed by atoms with Gasteiger partial charge in [0.2, 0.25) is 0 Å². The van der Waals surface area contributed by atoms with E-state index in [-0.39, 0.29) is 11.5 Å². The third-order valence-electron chi connectivity index (χ3n) is 3.64. The maximum absolute atomic E-state index is 5.57. The quantitative estimate of drug-likeness (QED) is 0.724. The number of rotatable bonds is 7. The predicted octanol–water partition coefficient (Wildman–Crippen LogP) is 4.13. The molecule has 0 aliphatic rings. The van der Waals surface area contributed by atoms with Crippen LogP contribution in [0.3, 0.4) is 0 Å². The molecule has 19 heavy (non-hydrogen) atoms. The molecule has 0 heterocycles. The fourth-order valence-electron chi connectivity index (χ4n) is 2.68. The molecule has 104 valence electrons. The molecule has 1 heteroatoms. The summed E-state index contributed by atoms with van der Waals surface area (Å²) < 4.78 is 0. The Morgan fingerprint density at radius 2 is 1.89 bits per heavy atom. The Kier molecular flexibility index (Phi) is 6.12. The van der Waals surface area contributed by atoms with Crippen molar-refractivity contribution in [3.63, 3.8) is 0 Å². The van der Waals surface area contributed by atoms with Crippen molar-refractivity contribution < 1.29 is 0 Å². The van der Waals surface area contributed by atoms with Gasteiger partial charge in [-0.15, -0.1) is 6.42 Å². The minimum atomic E-state index is 0.166. The molecule has 1 rings (SSSR count). The molecule has 1 aromatic rings. The van der Waals surface area contributed by atoms with Crippen LogP contribution in [0.15, 0.2) is 30.3 Å². The van der Waals surface area contributed by atoms with Gasteiger partial charge in [-0.3, -0.25) is 0 Å². The molecule has 0 saturated carbocycles. The first-order valence-corrected chi connectivity index (χ1v) is 7.27. The first-order valence-electron chi connectivity index (χ1n) is 7.27. The van der Waals surface area contributed by atoms with Crippen molar-refractivity contribution in [1.82, 2.24) is 5.32 Å². The molecule has 0 aliphatic carbocycles. The van der Waals surface area contributed by atoms with Crippen LogP contribution in [0.1, 0.15) is 52.5 Å². The van der Waals surface area contributed by atoms with Crippen LogP contribution in [0, 0.1) is 12.3 Å².